The first-order chi connectivity index (χ1) is 9.34. The van der Waals surface area contributed by atoms with Crippen molar-refractivity contribution in [1.29, 1.82) is 0 Å². The van der Waals surface area contributed by atoms with E-state index in [0.29, 0.717) is 18.1 Å². The molecule has 0 aromatic heterocycles. The third kappa shape index (κ3) is 3.01. The van der Waals surface area contributed by atoms with Crippen LogP contribution in [0.3, 0.4) is 0 Å². The first-order valence-corrected chi connectivity index (χ1v) is 7.77. The number of ether oxygens (including phenoxy) is 1. The molecule has 1 aliphatic carbocycles. The molecule has 3 unspecified atom stereocenters. The minimum atomic E-state index is 0.429. The molecule has 2 nitrogen and oxygen atoms in total. The van der Waals surface area contributed by atoms with Gasteiger partial charge in [-0.25, -0.2) is 0 Å². The lowest BCUT2D eigenvalue weighted by Gasteiger charge is -2.28. The molecule has 1 N–H and O–H groups in total. The van der Waals surface area contributed by atoms with Gasteiger partial charge in [0, 0.05) is 19.2 Å². The van der Waals surface area contributed by atoms with Crippen LogP contribution in [0.4, 0.5) is 0 Å². The number of benzene rings is 1. The number of rotatable bonds is 4. The van der Waals surface area contributed by atoms with Crippen LogP contribution in [0, 0.1) is 0 Å². The fourth-order valence-corrected chi connectivity index (χ4v) is 3.52. The Bertz CT molecular complexity index is 411. The lowest BCUT2D eigenvalue weighted by atomic mass is 9.82. The molecule has 3 atom stereocenters. The number of fused-ring (bicyclic) bond motifs is 1. The van der Waals surface area contributed by atoms with E-state index in [1.54, 1.807) is 11.1 Å². The highest BCUT2D eigenvalue weighted by molar-refractivity contribution is 5.32. The fraction of sp³-hybridized carbons (Fsp3) is 0.647. The molecule has 0 amide bonds. The molecule has 0 bridgehead atoms. The Morgan fingerprint density at radius 2 is 2.16 bits per heavy atom. The molecule has 3 rings (SSSR count). The summed E-state index contributed by atoms with van der Waals surface area (Å²) in [6.07, 6.45) is 6.78. The van der Waals surface area contributed by atoms with Gasteiger partial charge in [0.25, 0.3) is 0 Å². The molecule has 2 aliphatic rings. The van der Waals surface area contributed by atoms with Crippen molar-refractivity contribution in [3.05, 3.63) is 35.4 Å². The molecule has 2 heteroatoms. The topological polar surface area (TPSA) is 21.3 Å². The number of hydrogen-bond acceptors (Lipinski definition) is 2. The Labute approximate surface area is 116 Å². The average molecular weight is 259 g/mol. The first kappa shape index (κ1) is 13.1. The lowest BCUT2D eigenvalue weighted by molar-refractivity contribution is 0.0830. The van der Waals surface area contributed by atoms with Crippen LogP contribution in [0.15, 0.2) is 24.3 Å². The van der Waals surface area contributed by atoms with Crippen LogP contribution in [0.1, 0.15) is 49.7 Å². The van der Waals surface area contributed by atoms with E-state index in [9.17, 15) is 0 Å². The van der Waals surface area contributed by atoms with E-state index in [2.05, 4.69) is 36.5 Å². The van der Waals surface area contributed by atoms with E-state index in [-0.39, 0.29) is 0 Å². The molecule has 1 saturated heterocycles. The van der Waals surface area contributed by atoms with Gasteiger partial charge in [0.05, 0.1) is 6.10 Å². The van der Waals surface area contributed by atoms with Gasteiger partial charge in [-0.15, -0.1) is 0 Å². The van der Waals surface area contributed by atoms with Gasteiger partial charge < -0.3 is 10.1 Å². The first-order valence-electron chi connectivity index (χ1n) is 7.77. The molecule has 104 valence electrons. The van der Waals surface area contributed by atoms with Crippen molar-refractivity contribution in [2.75, 3.05) is 13.2 Å². The van der Waals surface area contributed by atoms with Crippen LogP contribution < -0.4 is 5.32 Å². The minimum Gasteiger partial charge on any atom is -0.377 e. The van der Waals surface area contributed by atoms with Crippen molar-refractivity contribution in [2.24, 2.45) is 0 Å². The molecule has 1 aliphatic heterocycles. The molecule has 1 fully saturated rings. The van der Waals surface area contributed by atoms with Crippen LogP contribution in [0.2, 0.25) is 0 Å². The molecule has 0 saturated carbocycles. The largest absolute Gasteiger partial charge is 0.377 e. The lowest BCUT2D eigenvalue weighted by Crippen LogP contribution is -2.39. The van der Waals surface area contributed by atoms with Crippen molar-refractivity contribution in [3.8, 4) is 0 Å². The molecule has 1 heterocycles. The van der Waals surface area contributed by atoms with Crippen LogP contribution in [0.5, 0.6) is 0 Å². The predicted molar refractivity (Wildman–Crippen MR) is 78.6 cm³/mol. The van der Waals surface area contributed by atoms with Gasteiger partial charge in [-0.05, 0) is 56.1 Å². The number of nitrogens with one attached hydrogen (secondary N) is 1. The van der Waals surface area contributed by atoms with Crippen LogP contribution in [-0.4, -0.2) is 25.3 Å². The number of hydrogen-bond donors (Lipinski definition) is 1. The van der Waals surface area contributed by atoms with E-state index in [1.165, 1.54) is 32.1 Å². The van der Waals surface area contributed by atoms with Crippen molar-refractivity contribution in [1.82, 2.24) is 5.32 Å². The second-order valence-electron chi connectivity index (χ2n) is 6.04. The highest BCUT2D eigenvalue weighted by Gasteiger charge is 2.24. The summed E-state index contributed by atoms with van der Waals surface area (Å²) in [5, 5.41) is 3.71. The summed E-state index contributed by atoms with van der Waals surface area (Å²) in [6, 6.07) is 9.45. The third-order valence-electron chi connectivity index (χ3n) is 4.70. The Morgan fingerprint density at radius 1 is 1.26 bits per heavy atom. The molecule has 1 aromatic rings. The van der Waals surface area contributed by atoms with Crippen LogP contribution in [-0.2, 0) is 11.2 Å². The van der Waals surface area contributed by atoms with Crippen molar-refractivity contribution in [2.45, 2.75) is 57.1 Å². The molecular formula is C17H25NO. The zero-order valence-electron chi connectivity index (χ0n) is 11.9. The van der Waals surface area contributed by atoms with Crippen LogP contribution in [0.25, 0.3) is 0 Å². The predicted octanol–water partition coefficient (Wildman–Crippen LogP) is 3.26. The van der Waals surface area contributed by atoms with Gasteiger partial charge in [-0.3, -0.25) is 0 Å². The quantitative estimate of drug-likeness (QED) is 0.896. The monoisotopic (exact) mass is 259 g/mol. The standard InChI is InChI=1S/C17H25NO/c1-13(17-10-5-11-19-17)18-12-15-8-4-7-14-6-2-3-9-16(14)15/h2-3,6,9,13,15,17-18H,4-5,7-8,10-12H2,1H3. The van der Waals surface area contributed by atoms with E-state index < -0.39 is 0 Å². The van der Waals surface area contributed by atoms with Crippen molar-refractivity contribution >= 4 is 0 Å². The maximum absolute atomic E-state index is 5.76. The molecular weight excluding hydrogens is 234 g/mol. The van der Waals surface area contributed by atoms with E-state index in [4.69, 9.17) is 4.74 Å². The average Bonchev–Trinajstić information content (AvgIpc) is 2.99. The van der Waals surface area contributed by atoms with Crippen molar-refractivity contribution in [3.63, 3.8) is 0 Å². The van der Waals surface area contributed by atoms with Gasteiger partial charge in [-0.2, -0.15) is 0 Å². The summed E-state index contributed by atoms with van der Waals surface area (Å²) >= 11 is 0. The molecule has 0 radical (unpaired) electrons. The fourth-order valence-electron chi connectivity index (χ4n) is 3.52. The van der Waals surface area contributed by atoms with Gasteiger partial charge in [0.2, 0.25) is 0 Å². The van der Waals surface area contributed by atoms with Gasteiger partial charge in [0.15, 0.2) is 0 Å². The minimum absolute atomic E-state index is 0.429. The Hall–Kier alpha value is -0.860. The zero-order chi connectivity index (χ0) is 13.1. The molecule has 0 spiro atoms. The van der Waals surface area contributed by atoms with E-state index in [0.717, 1.165) is 13.2 Å². The van der Waals surface area contributed by atoms with Gasteiger partial charge >= 0.3 is 0 Å². The summed E-state index contributed by atoms with van der Waals surface area (Å²) in [5.41, 5.74) is 3.13. The van der Waals surface area contributed by atoms with Gasteiger partial charge in [-0.1, -0.05) is 24.3 Å². The maximum atomic E-state index is 5.76. The maximum Gasteiger partial charge on any atom is 0.0726 e. The second-order valence-corrected chi connectivity index (χ2v) is 6.04. The Morgan fingerprint density at radius 3 is 3.00 bits per heavy atom. The highest BCUT2D eigenvalue weighted by Crippen LogP contribution is 2.31. The smallest absolute Gasteiger partial charge is 0.0726 e. The second kappa shape index (κ2) is 6.06. The summed E-state index contributed by atoms with van der Waals surface area (Å²) in [5.74, 6) is 0.689. The van der Waals surface area contributed by atoms with Gasteiger partial charge in [0.1, 0.15) is 0 Å². The number of aryl methyl sites for hydroxylation is 1. The molecule has 19 heavy (non-hydrogen) atoms. The highest BCUT2D eigenvalue weighted by atomic mass is 16.5. The van der Waals surface area contributed by atoms with Crippen LogP contribution >= 0.6 is 0 Å². The summed E-state index contributed by atoms with van der Waals surface area (Å²) in [6.45, 7) is 4.31. The Balaban J connectivity index is 1.58. The summed E-state index contributed by atoms with van der Waals surface area (Å²) in [4.78, 5) is 0. The molecule has 1 aromatic carbocycles. The third-order valence-corrected chi connectivity index (χ3v) is 4.70. The van der Waals surface area contributed by atoms with E-state index in [1.807, 2.05) is 0 Å². The Kier molecular flexibility index (Phi) is 4.19. The normalized spacial score (nSPS) is 28.1. The van der Waals surface area contributed by atoms with E-state index >= 15 is 0 Å². The summed E-state index contributed by atoms with van der Waals surface area (Å²) in [7, 11) is 0. The summed E-state index contributed by atoms with van der Waals surface area (Å²) < 4.78 is 5.76. The zero-order valence-corrected chi connectivity index (χ0v) is 11.9. The van der Waals surface area contributed by atoms with Crippen molar-refractivity contribution < 1.29 is 4.74 Å². The SMILES string of the molecule is CC(NCC1CCCc2ccccc21)C1CCCO1.